The molecule has 0 spiro atoms. The van der Waals surface area contributed by atoms with E-state index in [4.69, 9.17) is 0 Å². The number of hydrogen-bond donors (Lipinski definition) is 1. The standard InChI is InChI=1S/C15H23N5O3/c1-18-14(13(8-16-18)20(22)23)15(21)17-12-6-7-19(10-12)9-11-4-2-3-5-11/h8,11-12H,2-7,9-10H2,1H3,(H,17,21). The molecule has 1 unspecified atom stereocenters. The van der Waals surface area contributed by atoms with Crippen LogP contribution in [0.15, 0.2) is 6.20 Å². The van der Waals surface area contributed by atoms with Gasteiger partial charge in [-0.15, -0.1) is 0 Å². The number of hydrogen-bond acceptors (Lipinski definition) is 5. The maximum atomic E-state index is 12.4. The van der Waals surface area contributed by atoms with Gasteiger partial charge in [-0.2, -0.15) is 5.10 Å². The molecule has 0 bridgehead atoms. The number of aromatic nitrogens is 2. The van der Waals surface area contributed by atoms with Gasteiger partial charge in [0.1, 0.15) is 6.20 Å². The Labute approximate surface area is 135 Å². The Morgan fingerprint density at radius 2 is 2.17 bits per heavy atom. The van der Waals surface area contributed by atoms with Gasteiger partial charge in [-0.1, -0.05) is 12.8 Å². The van der Waals surface area contributed by atoms with E-state index in [0.29, 0.717) is 0 Å². The number of nitrogens with one attached hydrogen (secondary N) is 1. The number of aryl methyl sites for hydroxylation is 1. The predicted octanol–water partition coefficient (Wildman–Crippen LogP) is 1.32. The van der Waals surface area contributed by atoms with Crippen molar-refractivity contribution in [2.75, 3.05) is 19.6 Å². The second-order valence-corrected chi connectivity index (χ2v) is 6.63. The molecule has 0 aromatic carbocycles. The van der Waals surface area contributed by atoms with Crippen LogP contribution in [-0.2, 0) is 7.05 Å². The zero-order chi connectivity index (χ0) is 16.4. The lowest BCUT2D eigenvalue weighted by molar-refractivity contribution is -0.385. The number of amides is 1. The van der Waals surface area contributed by atoms with Crippen LogP contribution in [-0.4, -0.2) is 51.2 Å². The smallest absolute Gasteiger partial charge is 0.320 e. The van der Waals surface area contributed by atoms with Gasteiger partial charge in [0.25, 0.3) is 5.91 Å². The van der Waals surface area contributed by atoms with Gasteiger partial charge in [0, 0.05) is 32.7 Å². The molecule has 2 heterocycles. The number of rotatable bonds is 5. The van der Waals surface area contributed by atoms with Crippen molar-refractivity contribution >= 4 is 11.6 Å². The maximum absolute atomic E-state index is 12.4. The molecule has 1 aliphatic heterocycles. The Hall–Kier alpha value is -1.96. The summed E-state index contributed by atoms with van der Waals surface area (Å²) in [5, 5.41) is 17.7. The first-order chi connectivity index (χ1) is 11.0. The maximum Gasteiger partial charge on any atom is 0.320 e. The molecule has 1 aliphatic carbocycles. The van der Waals surface area contributed by atoms with Crippen molar-refractivity contribution in [2.45, 2.75) is 38.1 Å². The summed E-state index contributed by atoms with van der Waals surface area (Å²) in [4.78, 5) is 25.2. The van der Waals surface area contributed by atoms with E-state index in [1.807, 2.05) is 0 Å². The van der Waals surface area contributed by atoms with Crippen LogP contribution in [0.4, 0.5) is 5.69 Å². The molecule has 8 nitrogen and oxygen atoms in total. The fourth-order valence-corrected chi connectivity index (χ4v) is 3.75. The quantitative estimate of drug-likeness (QED) is 0.652. The minimum absolute atomic E-state index is 0.0178. The molecule has 1 saturated carbocycles. The monoisotopic (exact) mass is 321 g/mol. The molecule has 1 amide bonds. The summed E-state index contributed by atoms with van der Waals surface area (Å²) in [6.07, 6.45) is 7.31. The number of carbonyl (C=O) groups excluding carboxylic acids is 1. The van der Waals surface area contributed by atoms with Crippen molar-refractivity contribution < 1.29 is 9.72 Å². The average Bonchev–Trinajstić information content (AvgIpc) is 3.21. The highest BCUT2D eigenvalue weighted by Gasteiger charge is 2.30. The van der Waals surface area contributed by atoms with Gasteiger partial charge in [-0.3, -0.25) is 19.6 Å². The summed E-state index contributed by atoms with van der Waals surface area (Å²) < 4.78 is 1.26. The van der Waals surface area contributed by atoms with Gasteiger partial charge in [-0.25, -0.2) is 0 Å². The minimum Gasteiger partial charge on any atom is -0.346 e. The summed E-state index contributed by atoms with van der Waals surface area (Å²) >= 11 is 0. The molecule has 3 rings (SSSR count). The van der Waals surface area contributed by atoms with E-state index in [2.05, 4.69) is 15.3 Å². The second-order valence-electron chi connectivity index (χ2n) is 6.63. The molecule has 2 fully saturated rings. The molecule has 0 radical (unpaired) electrons. The van der Waals surface area contributed by atoms with Gasteiger partial charge >= 0.3 is 5.69 Å². The first kappa shape index (κ1) is 15.9. The van der Waals surface area contributed by atoms with Crippen LogP contribution in [0.3, 0.4) is 0 Å². The first-order valence-corrected chi connectivity index (χ1v) is 8.24. The lowest BCUT2D eigenvalue weighted by atomic mass is 10.1. The number of carbonyl (C=O) groups is 1. The summed E-state index contributed by atoms with van der Waals surface area (Å²) in [5.41, 5.74) is -0.227. The van der Waals surface area contributed by atoms with E-state index in [0.717, 1.165) is 38.2 Å². The van der Waals surface area contributed by atoms with Crippen molar-refractivity contribution in [3.63, 3.8) is 0 Å². The Balaban J connectivity index is 1.56. The van der Waals surface area contributed by atoms with Crippen LogP contribution in [0, 0.1) is 16.0 Å². The van der Waals surface area contributed by atoms with Gasteiger partial charge < -0.3 is 10.2 Å². The average molecular weight is 321 g/mol. The van der Waals surface area contributed by atoms with E-state index < -0.39 is 10.8 Å². The van der Waals surface area contributed by atoms with E-state index in [1.54, 1.807) is 7.05 Å². The third kappa shape index (κ3) is 3.52. The van der Waals surface area contributed by atoms with Crippen molar-refractivity contribution in [3.8, 4) is 0 Å². The normalized spacial score (nSPS) is 22.6. The minimum atomic E-state index is -0.567. The topological polar surface area (TPSA) is 93.3 Å². The highest BCUT2D eigenvalue weighted by atomic mass is 16.6. The molecular formula is C15H23N5O3. The molecule has 1 saturated heterocycles. The number of likely N-dealkylation sites (tertiary alicyclic amines) is 1. The summed E-state index contributed by atoms with van der Waals surface area (Å²) in [5.74, 6) is 0.382. The second kappa shape index (κ2) is 6.66. The number of nitrogens with zero attached hydrogens (tertiary/aromatic N) is 4. The van der Waals surface area contributed by atoms with Gasteiger partial charge in [-0.05, 0) is 25.2 Å². The van der Waals surface area contributed by atoms with Gasteiger partial charge in [0.05, 0.1) is 4.92 Å². The first-order valence-electron chi connectivity index (χ1n) is 8.24. The summed E-state index contributed by atoms with van der Waals surface area (Å²) in [7, 11) is 1.54. The molecule has 23 heavy (non-hydrogen) atoms. The SMILES string of the molecule is Cn1ncc([N+](=O)[O-])c1C(=O)NC1CCN(CC2CCCC2)C1. The molecule has 1 atom stereocenters. The van der Waals surface area contributed by atoms with Gasteiger partial charge in [0.2, 0.25) is 5.69 Å². The van der Waals surface area contributed by atoms with Crippen molar-refractivity contribution in [2.24, 2.45) is 13.0 Å². The molecule has 1 aromatic rings. The highest BCUT2D eigenvalue weighted by Crippen LogP contribution is 2.26. The Bertz CT molecular complexity index is 594. The fraction of sp³-hybridized carbons (Fsp3) is 0.733. The fourth-order valence-electron chi connectivity index (χ4n) is 3.75. The third-order valence-electron chi connectivity index (χ3n) is 4.93. The zero-order valence-corrected chi connectivity index (χ0v) is 13.4. The van der Waals surface area contributed by atoms with Crippen molar-refractivity contribution in [1.29, 1.82) is 0 Å². The van der Waals surface area contributed by atoms with Crippen molar-refractivity contribution in [1.82, 2.24) is 20.0 Å². The Kier molecular flexibility index (Phi) is 4.61. The lowest BCUT2D eigenvalue weighted by Gasteiger charge is -2.20. The van der Waals surface area contributed by atoms with Crippen LogP contribution in [0.1, 0.15) is 42.6 Å². The summed E-state index contributed by atoms with van der Waals surface area (Å²) in [6.45, 7) is 2.92. The van der Waals surface area contributed by atoms with E-state index in [1.165, 1.54) is 30.4 Å². The molecule has 2 aliphatic rings. The zero-order valence-electron chi connectivity index (χ0n) is 13.4. The van der Waals surface area contributed by atoms with Crippen molar-refractivity contribution in [3.05, 3.63) is 22.0 Å². The summed E-state index contributed by atoms with van der Waals surface area (Å²) in [6, 6.07) is 0.0541. The number of nitro groups is 1. The van der Waals surface area contributed by atoms with Gasteiger partial charge in [0.15, 0.2) is 0 Å². The third-order valence-corrected chi connectivity index (χ3v) is 4.93. The van der Waals surface area contributed by atoms with E-state index >= 15 is 0 Å². The van der Waals surface area contributed by atoms with Crippen LogP contribution in [0.25, 0.3) is 0 Å². The Morgan fingerprint density at radius 1 is 1.43 bits per heavy atom. The highest BCUT2D eigenvalue weighted by molar-refractivity contribution is 5.96. The molecular weight excluding hydrogens is 298 g/mol. The van der Waals surface area contributed by atoms with Crippen LogP contribution < -0.4 is 5.32 Å². The molecule has 126 valence electrons. The van der Waals surface area contributed by atoms with E-state index in [-0.39, 0.29) is 17.4 Å². The molecule has 8 heteroatoms. The van der Waals surface area contributed by atoms with E-state index in [9.17, 15) is 14.9 Å². The van der Waals surface area contributed by atoms with Crippen LogP contribution in [0.5, 0.6) is 0 Å². The largest absolute Gasteiger partial charge is 0.346 e. The predicted molar refractivity (Wildman–Crippen MR) is 84.1 cm³/mol. The van der Waals surface area contributed by atoms with Crippen LogP contribution in [0.2, 0.25) is 0 Å². The Morgan fingerprint density at radius 3 is 2.87 bits per heavy atom. The van der Waals surface area contributed by atoms with Crippen LogP contribution >= 0.6 is 0 Å². The lowest BCUT2D eigenvalue weighted by Crippen LogP contribution is -2.38. The molecule has 1 aromatic heterocycles. The molecule has 1 N–H and O–H groups in total.